The molecule has 1 atom stereocenters. The van der Waals surface area contributed by atoms with Crippen LogP contribution >= 0.6 is 0 Å². The summed E-state index contributed by atoms with van der Waals surface area (Å²) in [6.07, 6.45) is 3.07. The number of anilines is 1. The first-order valence-electron chi connectivity index (χ1n) is 12.9. The SMILES string of the molecule is CCCCC(CC(=O)Nc1cc(C(=O)NC(=O)C(C)C)ccc1C(C)(C)C)c1ccc(OC)cc1OC. The van der Waals surface area contributed by atoms with Crippen molar-refractivity contribution in [1.29, 1.82) is 0 Å². The quantitative estimate of drug-likeness (QED) is 0.374. The summed E-state index contributed by atoms with van der Waals surface area (Å²) in [4.78, 5) is 38.1. The van der Waals surface area contributed by atoms with Crippen LogP contribution in [-0.4, -0.2) is 31.9 Å². The van der Waals surface area contributed by atoms with Crippen LogP contribution in [0, 0.1) is 5.92 Å². The lowest BCUT2D eigenvalue weighted by molar-refractivity contribution is -0.123. The highest BCUT2D eigenvalue weighted by Crippen LogP contribution is 2.36. The second-order valence-corrected chi connectivity index (χ2v) is 10.7. The van der Waals surface area contributed by atoms with Gasteiger partial charge in [0.25, 0.3) is 5.91 Å². The minimum absolute atomic E-state index is 0.0472. The summed E-state index contributed by atoms with van der Waals surface area (Å²) < 4.78 is 11.0. The molecular formula is C30H42N2O5. The molecule has 37 heavy (non-hydrogen) atoms. The zero-order valence-corrected chi connectivity index (χ0v) is 23.5. The van der Waals surface area contributed by atoms with Crippen LogP contribution in [0.15, 0.2) is 36.4 Å². The van der Waals surface area contributed by atoms with Crippen molar-refractivity contribution in [2.24, 2.45) is 5.92 Å². The monoisotopic (exact) mass is 510 g/mol. The maximum atomic E-state index is 13.4. The highest BCUT2D eigenvalue weighted by molar-refractivity contribution is 6.06. The maximum absolute atomic E-state index is 13.4. The summed E-state index contributed by atoms with van der Waals surface area (Å²) in [5.41, 5.74) is 2.48. The molecule has 2 aromatic rings. The minimum atomic E-state index is -0.488. The fraction of sp³-hybridized carbons (Fsp3) is 0.500. The molecule has 0 spiro atoms. The fourth-order valence-electron chi connectivity index (χ4n) is 4.17. The number of hydrogen-bond acceptors (Lipinski definition) is 5. The smallest absolute Gasteiger partial charge is 0.257 e. The molecule has 0 aliphatic heterocycles. The van der Waals surface area contributed by atoms with Crippen molar-refractivity contribution in [2.45, 2.75) is 78.6 Å². The van der Waals surface area contributed by atoms with Crippen molar-refractivity contribution in [3.8, 4) is 11.5 Å². The first-order valence-corrected chi connectivity index (χ1v) is 12.9. The van der Waals surface area contributed by atoms with E-state index in [1.54, 1.807) is 40.2 Å². The molecule has 0 saturated carbocycles. The molecule has 0 radical (unpaired) electrons. The number of imide groups is 1. The minimum Gasteiger partial charge on any atom is -0.497 e. The van der Waals surface area contributed by atoms with Crippen molar-refractivity contribution in [2.75, 3.05) is 19.5 Å². The molecule has 2 rings (SSSR count). The summed E-state index contributed by atoms with van der Waals surface area (Å²) in [5, 5.41) is 5.47. The Bertz CT molecular complexity index is 1100. The van der Waals surface area contributed by atoms with Crippen molar-refractivity contribution in [3.63, 3.8) is 0 Å². The summed E-state index contributed by atoms with van der Waals surface area (Å²) in [6, 6.07) is 10.9. The predicted octanol–water partition coefficient (Wildman–Crippen LogP) is 6.22. The summed E-state index contributed by atoms with van der Waals surface area (Å²) in [5.74, 6) is 0.0414. The van der Waals surface area contributed by atoms with Crippen molar-refractivity contribution < 1.29 is 23.9 Å². The first kappa shape index (κ1) is 29.9. The number of nitrogens with one attached hydrogen (secondary N) is 2. The fourth-order valence-corrected chi connectivity index (χ4v) is 4.17. The third-order valence-electron chi connectivity index (χ3n) is 6.34. The number of amides is 3. The van der Waals surface area contributed by atoms with Crippen LogP contribution in [-0.2, 0) is 15.0 Å². The van der Waals surface area contributed by atoms with Gasteiger partial charge in [0.05, 0.1) is 14.2 Å². The molecule has 0 saturated heterocycles. The molecule has 7 nitrogen and oxygen atoms in total. The topological polar surface area (TPSA) is 93.7 Å². The zero-order chi connectivity index (χ0) is 27.8. The average molecular weight is 511 g/mol. The zero-order valence-electron chi connectivity index (χ0n) is 23.5. The summed E-state index contributed by atoms with van der Waals surface area (Å²) in [6.45, 7) is 11.7. The van der Waals surface area contributed by atoms with E-state index in [-0.39, 0.29) is 35.5 Å². The second kappa shape index (κ2) is 13.3. The van der Waals surface area contributed by atoms with Crippen molar-refractivity contribution >= 4 is 23.4 Å². The van der Waals surface area contributed by atoms with Crippen LogP contribution in [0.2, 0.25) is 0 Å². The number of hydrogen-bond donors (Lipinski definition) is 2. The highest BCUT2D eigenvalue weighted by Gasteiger charge is 2.24. The van der Waals surface area contributed by atoms with E-state index in [0.717, 1.165) is 30.4 Å². The Morgan fingerprint density at radius 3 is 2.24 bits per heavy atom. The number of carbonyl (C=O) groups is 3. The van der Waals surface area contributed by atoms with Gasteiger partial charge in [-0.05, 0) is 47.1 Å². The van der Waals surface area contributed by atoms with Crippen molar-refractivity contribution in [1.82, 2.24) is 5.32 Å². The Balaban J connectivity index is 2.36. The third kappa shape index (κ3) is 8.34. The lowest BCUT2D eigenvalue weighted by Gasteiger charge is -2.25. The molecular weight excluding hydrogens is 468 g/mol. The van der Waals surface area contributed by atoms with Crippen molar-refractivity contribution in [3.05, 3.63) is 53.1 Å². The number of methoxy groups -OCH3 is 2. The molecule has 0 aliphatic rings. The highest BCUT2D eigenvalue weighted by atomic mass is 16.5. The first-order chi connectivity index (χ1) is 17.4. The third-order valence-corrected chi connectivity index (χ3v) is 6.34. The molecule has 0 heterocycles. The Morgan fingerprint density at radius 1 is 0.973 bits per heavy atom. The number of unbranched alkanes of at least 4 members (excludes halogenated alkanes) is 1. The molecule has 0 bridgehead atoms. The number of carbonyl (C=O) groups excluding carboxylic acids is 3. The van der Waals surface area contributed by atoms with Crippen LogP contribution in [0.5, 0.6) is 11.5 Å². The Morgan fingerprint density at radius 2 is 1.68 bits per heavy atom. The van der Waals surface area contributed by atoms with Gasteiger partial charge in [-0.1, -0.05) is 66.5 Å². The van der Waals surface area contributed by atoms with Gasteiger partial charge >= 0.3 is 0 Å². The lowest BCUT2D eigenvalue weighted by atomic mass is 9.84. The van der Waals surface area contributed by atoms with E-state index in [2.05, 4.69) is 17.6 Å². The van der Waals surface area contributed by atoms with E-state index in [1.807, 2.05) is 45.0 Å². The Hall–Kier alpha value is -3.35. The molecule has 3 amide bonds. The standard InChI is InChI=1S/C30H42N2O5/c1-9-10-11-20(23-14-13-22(36-7)18-26(23)37-8)17-27(33)31-25-16-21(12-15-24(25)30(4,5)6)29(35)32-28(34)19(2)3/h12-16,18-20H,9-11,17H2,1-8H3,(H,31,33)(H,32,34,35). The van der Waals surface area contributed by atoms with E-state index in [0.29, 0.717) is 22.7 Å². The van der Waals surface area contributed by atoms with Crippen LogP contribution in [0.1, 0.15) is 94.6 Å². The van der Waals surface area contributed by atoms with Gasteiger partial charge in [-0.15, -0.1) is 0 Å². The second-order valence-electron chi connectivity index (χ2n) is 10.7. The van der Waals surface area contributed by atoms with Gasteiger partial charge < -0.3 is 14.8 Å². The van der Waals surface area contributed by atoms with Gasteiger partial charge in [0.15, 0.2) is 0 Å². The van der Waals surface area contributed by atoms with Crippen LogP contribution in [0.4, 0.5) is 5.69 Å². The van der Waals surface area contributed by atoms with Gasteiger partial charge in [-0.2, -0.15) is 0 Å². The largest absolute Gasteiger partial charge is 0.497 e. The van der Waals surface area contributed by atoms with Crippen LogP contribution < -0.4 is 20.1 Å². The summed E-state index contributed by atoms with van der Waals surface area (Å²) in [7, 11) is 3.22. The molecule has 0 aliphatic carbocycles. The Kier molecular flexibility index (Phi) is 10.7. The van der Waals surface area contributed by atoms with E-state index < -0.39 is 5.91 Å². The molecule has 0 fully saturated rings. The van der Waals surface area contributed by atoms with Crippen LogP contribution in [0.3, 0.4) is 0 Å². The molecule has 0 aromatic heterocycles. The Labute approximate surface area is 221 Å². The summed E-state index contributed by atoms with van der Waals surface area (Å²) >= 11 is 0. The molecule has 7 heteroatoms. The van der Waals surface area contributed by atoms with Crippen LogP contribution in [0.25, 0.3) is 0 Å². The van der Waals surface area contributed by atoms with E-state index in [9.17, 15) is 14.4 Å². The average Bonchev–Trinajstić information content (AvgIpc) is 2.85. The number of rotatable bonds is 11. The lowest BCUT2D eigenvalue weighted by Crippen LogP contribution is -2.33. The molecule has 2 N–H and O–H groups in total. The van der Waals surface area contributed by atoms with Gasteiger partial charge in [0.1, 0.15) is 11.5 Å². The van der Waals surface area contributed by atoms with E-state index in [4.69, 9.17) is 9.47 Å². The number of ether oxygens (including phenoxy) is 2. The van der Waals surface area contributed by atoms with Gasteiger partial charge in [-0.25, -0.2) is 0 Å². The van der Waals surface area contributed by atoms with E-state index >= 15 is 0 Å². The molecule has 202 valence electrons. The maximum Gasteiger partial charge on any atom is 0.257 e. The van der Waals surface area contributed by atoms with E-state index in [1.165, 1.54) is 0 Å². The molecule has 2 aromatic carbocycles. The number of benzene rings is 2. The van der Waals surface area contributed by atoms with Gasteiger partial charge in [-0.3, -0.25) is 19.7 Å². The molecule has 1 unspecified atom stereocenters. The normalized spacial score (nSPS) is 12.1. The predicted molar refractivity (Wildman–Crippen MR) is 148 cm³/mol. The van der Waals surface area contributed by atoms with Gasteiger partial charge in [0, 0.05) is 29.7 Å². The van der Waals surface area contributed by atoms with Gasteiger partial charge in [0.2, 0.25) is 11.8 Å².